The first-order chi connectivity index (χ1) is 10.2. The third kappa shape index (κ3) is 4.20. The molecule has 1 aromatic heterocycles. The smallest absolute Gasteiger partial charge is 0.340 e. The molecule has 7 heteroatoms. The standard InChI is InChI=1S/C14H19N5O2/c1-2-21-14(20)12-10-11(15)4-5-13(12)16-6-3-8-19-9-7-17-18-19/h4-5,7,9-10,16H,2-3,6,8,15H2,1H3. The van der Waals surface area contributed by atoms with Gasteiger partial charge in [-0.1, -0.05) is 5.21 Å². The van der Waals surface area contributed by atoms with Gasteiger partial charge in [0.25, 0.3) is 0 Å². The maximum absolute atomic E-state index is 11.9. The maximum Gasteiger partial charge on any atom is 0.340 e. The van der Waals surface area contributed by atoms with Crippen molar-refractivity contribution in [1.82, 2.24) is 15.0 Å². The van der Waals surface area contributed by atoms with Crippen molar-refractivity contribution in [3.8, 4) is 0 Å². The van der Waals surface area contributed by atoms with Crippen LogP contribution in [0.5, 0.6) is 0 Å². The molecule has 0 amide bonds. The highest BCUT2D eigenvalue weighted by atomic mass is 16.5. The molecule has 2 rings (SSSR count). The molecule has 0 atom stereocenters. The number of aromatic nitrogens is 3. The molecule has 0 radical (unpaired) electrons. The third-order valence-corrected chi connectivity index (χ3v) is 2.89. The zero-order valence-electron chi connectivity index (χ0n) is 12.0. The summed E-state index contributed by atoms with van der Waals surface area (Å²) in [6, 6.07) is 5.16. The topological polar surface area (TPSA) is 95.1 Å². The van der Waals surface area contributed by atoms with Crippen LogP contribution in [0.15, 0.2) is 30.6 Å². The molecule has 0 saturated heterocycles. The Balaban J connectivity index is 1.94. The number of hydrogen-bond acceptors (Lipinski definition) is 6. The van der Waals surface area contributed by atoms with E-state index in [1.807, 2.05) is 6.20 Å². The van der Waals surface area contributed by atoms with E-state index in [0.717, 1.165) is 18.7 Å². The van der Waals surface area contributed by atoms with Gasteiger partial charge in [0.15, 0.2) is 0 Å². The number of esters is 1. The number of carbonyl (C=O) groups excluding carboxylic acids is 1. The van der Waals surface area contributed by atoms with Gasteiger partial charge in [-0.15, -0.1) is 5.10 Å². The summed E-state index contributed by atoms with van der Waals surface area (Å²) in [7, 11) is 0. The van der Waals surface area contributed by atoms with Crippen LogP contribution in [-0.4, -0.2) is 34.1 Å². The van der Waals surface area contributed by atoms with Crippen LogP contribution in [0, 0.1) is 0 Å². The van der Waals surface area contributed by atoms with Crippen molar-refractivity contribution in [3.05, 3.63) is 36.2 Å². The van der Waals surface area contributed by atoms with Gasteiger partial charge in [-0.05, 0) is 31.5 Å². The summed E-state index contributed by atoms with van der Waals surface area (Å²) in [5.41, 5.74) is 7.44. The molecule has 21 heavy (non-hydrogen) atoms. The highest BCUT2D eigenvalue weighted by Crippen LogP contribution is 2.20. The number of hydrogen-bond donors (Lipinski definition) is 2. The lowest BCUT2D eigenvalue weighted by Crippen LogP contribution is -2.12. The lowest BCUT2D eigenvalue weighted by atomic mass is 10.1. The third-order valence-electron chi connectivity index (χ3n) is 2.89. The quantitative estimate of drug-likeness (QED) is 0.456. The van der Waals surface area contributed by atoms with Crippen LogP contribution in [0.4, 0.5) is 11.4 Å². The minimum atomic E-state index is -0.372. The van der Waals surface area contributed by atoms with Crippen LogP contribution in [0.2, 0.25) is 0 Å². The molecule has 1 heterocycles. The van der Waals surface area contributed by atoms with Crippen molar-refractivity contribution in [2.45, 2.75) is 19.9 Å². The fraction of sp³-hybridized carbons (Fsp3) is 0.357. The lowest BCUT2D eigenvalue weighted by molar-refractivity contribution is 0.0527. The van der Waals surface area contributed by atoms with E-state index in [0.29, 0.717) is 24.4 Å². The Labute approximate surface area is 123 Å². The minimum absolute atomic E-state index is 0.333. The summed E-state index contributed by atoms with van der Waals surface area (Å²) in [5.74, 6) is -0.372. The number of anilines is 2. The van der Waals surface area contributed by atoms with E-state index in [1.54, 1.807) is 36.0 Å². The lowest BCUT2D eigenvalue weighted by Gasteiger charge is -2.12. The molecular weight excluding hydrogens is 270 g/mol. The molecule has 0 aliphatic rings. The molecule has 0 aliphatic heterocycles. The number of nitrogen functional groups attached to an aromatic ring is 1. The number of carbonyl (C=O) groups is 1. The Morgan fingerprint density at radius 2 is 2.33 bits per heavy atom. The normalized spacial score (nSPS) is 10.3. The minimum Gasteiger partial charge on any atom is -0.462 e. The fourth-order valence-corrected chi connectivity index (χ4v) is 1.91. The molecule has 3 N–H and O–H groups in total. The molecule has 0 unspecified atom stereocenters. The average Bonchev–Trinajstić information content (AvgIpc) is 2.98. The highest BCUT2D eigenvalue weighted by Gasteiger charge is 2.12. The molecule has 7 nitrogen and oxygen atoms in total. The van der Waals surface area contributed by atoms with Crippen LogP contribution in [0.3, 0.4) is 0 Å². The number of aryl methyl sites for hydroxylation is 1. The number of nitrogens with one attached hydrogen (secondary N) is 1. The molecule has 0 saturated carbocycles. The molecule has 2 aromatic rings. The second kappa shape index (κ2) is 7.28. The molecule has 0 aliphatic carbocycles. The van der Waals surface area contributed by atoms with Gasteiger partial charge in [0, 0.05) is 30.7 Å². The van der Waals surface area contributed by atoms with Crippen molar-refractivity contribution < 1.29 is 9.53 Å². The van der Waals surface area contributed by atoms with E-state index < -0.39 is 0 Å². The van der Waals surface area contributed by atoms with Gasteiger partial charge in [-0.25, -0.2) is 4.79 Å². The predicted molar refractivity (Wildman–Crippen MR) is 79.9 cm³/mol. The van der Waals surface area contributed by atoms with E-state index in [2.05, 4.69) is 15.6 Å². The maximum atomic E-state index is 11.9. The molecule has 0 spiro atoms. The van der Waals surface area contributed by atoms with Crippen molar-refractivity contribution in [1.29, 1.82) is 0 Å². The first-order valence-electron chi connectivity index (χ1n) is 6.85. The number of rotatable bonds is 7. The molecule has 0 bridgehead atoms. The summed E-state index contributed by atoms with van der Waals surface area (Å²) in [5, 5.41) is 10.9. The van der Waals surface area contributed by atoms with E-state index in [-0.39, 0.29) is 5.97 Å². The Morgan fingerprint density at radius 3 is 3.05 bits per heavy atom. The van der Waals surface area contributed by atoms with E-state index in [4.69, 9.17) is 10.5 Å². The summed E-state index contributed by atoms with van der Waals surface area (Å²) >= 11 is 0. The molecule has 112 valence electrons. The predicted octanol–water partition coefficient (Wildman–Crippen LogP) is 1.54. The van der Waals surface area contributed by atoms with Gasteiger partial charge < -0.3 is 15.8 Å². The second-order valence-electron chi connectivity index (χ2n) is 4.47. The van der Waals surface area contributed by atoms with E-state index >= 15 is 0 Å². The number of ether oxygens (including phenoxy) is 1. The van der Waals surface area contributed by atoms with Crippen molar-refractivity contribution in [3.63, 3.8) is 0 Å². The molecule has 1 aromatic carbocycles. The van der Waals surface area contributed by atoms with Gasteiger partial charge in [0.1, 0.15) is 0 Å². The Morgan fingerprint density at radius 1 is 1.48 bits per heavy atom. The van der Waals surface area contributed by atoms with Crippen molar-refractivity contribution >= 4 is 17.3 Å². The van der Waals surface area contributed by atoms with Gasteiger partial charge in [-0.3, -0.25) is 4.68 Å². The first kappa shape index (κ1) is 14.8. The van der Waals surface area contributed by atoms with Crippen LogP contribution >= 0.6 is 0 Å². The zero-order valence-corrected chi connectivity index (χ0v) is 12.0. The summed E-state index contributed by atoms with van der Waals surface area (Å²) in [6.07, 6.45) is 4.32. The van der Waals surface area contributed by atoms with Crippen molar-refractivity contribution in [2.24, 2.45) is 0 Å². The van der Waals surface area contributed by atoms with Gasteiger partial charge in [0.05, 0.1) is 18.4 Å². The van der Waals surface area contributed by atoms with Crippen molar-refractivity contribution in [2.75, 3.05) is 24.2 Å². The second-order valence-corrected chi connectivity index (χ2v) is 4.47. The zero-order chi connectivity index (χ0) is 15.1. The average molecular weight is 289 g/mol. The van der Waals surface area contributed by atoms with Gasteiger partial charge in [-0.2, -0.15) is 0 Å². The number of nitrogens with two attached hydrogens (primary N) is 1. The largest absolute Gasteiger partial charge is 0.462 e. The monoisotopic (exact) mass is 289 g/mol. The highest BCUT2D eigenvalue weighted by molar-refractivity contribution is 5.96. The summed E-state index contributed by atoms with van der Waals surface area (Å²) in [4.78, 5) is 11.9. The SMILES string of the molecule is CCOC(=O)c1cc(N)ccc1NCCCn1ccnn1. The van der Waals surface area contributed by atoms with E-state index in [1.165, 1.54) is 0 Å². The van der Waals surface area contributed by atoms with Gasteiger partial charge in [0.2, 0.25) is 0 Å². The number of nitrogens with zero attached hydrogens (tertiary/aromatic N) is 3. The molecular formula is C14H19N5O2. The van der Waals surface area contributed by atoms with Crippen LogP contribution < -0.4 is 11.1 Å². The van der Waals surface area contributed by atoms with E-state index in [9.17, 15) is 4.79 Å². The summed E-state index contributed by atoms with van der Waals surface area (Å²) < 4.78 is 6.79. The Bertz CT molecular complexity index is 583. The summed E-state index contributed by atoms with van der Waals surface area (Å²) in [6.45, 7) is 3.57. The molecule has 0 fully saturated rings. The van der Waals surface area contributed by atoms with Gasteiger partial charge >= 0.3 is 5.97 Å². The van der Waals surface area contributed by atoms with Crippen LogP contribution in [-0.2, 0) is 11.3 Å². The van der Waals surface area contributed by atoms with Crippen LogP contribution in [0.1, 0.15) is 23.7 Å². The fourth-order valence-electron chi connectivity index (χ4n) is 1.91. The Hall–Kier alpha value is -2.57. The van der Waals surface area contributed by atoms with Crippen LogP contribution in [0.25, 0.3) is 0 Å². The first-order valence-corrected chi connectivity index (χ1v) is 6.85. The Kier molecular flexibility index (Phi) is 5.14. The number of benzene rings is 1.